The lowest BCUT2D eigenvalue weighted by Gasteiger charge is -2.70. The maximum absolute atomic E-state index is 14.6. The van der Waals surface area contributed by atoms with Crippen LogP contribution in [0, 0.1) is 50.2 Å². The van der Waals surface area contributed by atoms with Crippen molar-refractivity contribution in [2.24, 2.45) is 50.2 Å². The van der Waals surface area contributed by atoms with Gasteiger partial charge in [-0.1, -0.05) is 40.2 Å². The maximum Gasteiger partial charge on any atom is 0.508 e. The molecular formula is C40H62O11. The van der Waals surface area contributed by atoms with Gasteiger partial charge in [-0.25, -0.2) is 4.79 Å². The van der Waals surface area contributed by atoms with Crippen LogP contribution in [0.5, 0.6) is 0 Å². The molecule has 11 nitrogen and oxygen atoms in total. The first-order valence-corrected chi connectivity index (χ1v) is 19.2. The van der Waals surface area contributed by atoms with Crippen LogP contribution in [-0.4, -0.2) is 86.4 Å². The number of aliphatic carboxylic acids is 2. The summed E-state index contributed by atoms with van der Waals surface area (Å²) in [6.07, 6.45) is 6.91. The maximum atomic E-state index is 14.6. The highest BCUT2D eigenvalue weighted by Crippen LogP contribution is 2.75. The summed E-state index contributed by atoms with van der Waals surface area (Å²) in [6.45, 7) is 17.0. The minimum absolute atomic E-state index is 0.00643. The minimum atomic E-state index is -1.43. The number of allylic oxidation sites excluding steroid dienone is 2. The third-order valence-electron chi connectivity index (χ3n) is 14.9. The smallest absolute Gasteiger partial charge is 0.481 e. The Bertz CT molecular complexity index is 1380. The highest BCUT2D eigenvalue weighted by molar-refractivity contribution is 5.96. The Labute approximate surface area is 303 Å². The van der Waals surface area contributed by atoms with E-state index < -0.39 is 57.7 Å². The molecule has 0 heterocycles. The molecule has 0 aromatic heterocycles. The summed E-state index contributed by atoms with van der Waals surface area (Å²) in [5.74, 6) is -2.60. The number of hydrogen-bond acceptors (Lipinski definition) is 9. The summed E-state index contributed by atoms with van der Waals surface area (Å²) < 4.78 is 27.3. The zero-order valence-electron chi connectivity index (χ0n) is 32.0. The fourth-order valence-corrected chi connectivity index (χ4v) is 11.5. The predicted octanol–water partition coefficient (Wildman–Crippen LogP) is 7.10. The van der Waals surface area contributed by atoms with E-state index in [-0.39, 0.29) is 35.7 Å². The van der Waals surface area contributed by atoms with Crippen molar-refractivity contribution in [3.63, 3.8) is 0 Å². The molecule has 5 aliphatic carbocycles. The van der Waals surface area contributed by atoms with Gasteiger partial charge >= 0.3 is 18.1 Å². The SMILES string of the molecule is CCCOCCOCCOCCOC(=O)O[C@H]1CC[C@@]2(C)[C@@H](CC[C@]3(C)[C@@H]2C(=O)C=C2[C@@H]4C[C@@](C)(C(=O)O)CC[C@]4(C)CC[C@]23C)[C@]1(C)C(=O)O. The van der Waals surface area contributed by atoms with E-state index in [9.17, 15) is 29.4 Å². The number of carbonyl (C=O) groups is 4. The van der Waals surface area contributed by atoms with Crippen LogP contribution in [0.2, 0.25) is 0 Å². The molecule has 0 amide bonds. The Morgan fingerprint density at radius 1 is 0.765 bits per heavy atom. The standard InChI is InChI=1S/C40H62O11/c1-8-17-47-18-19-48-20-21-49-22-23-50-34(46)51-30-10-11-37(4)29(40(30,7)33(44)45)9-12-39(6)31(37)28(41)24-26-27-25-36(3,32(42)43)14-13-35(27,2)15-16-38(26,39)5/h24,27,29-31H,8-23,25H2,1-7H3,(H,42,43)(H,44,45)/t27-,29+,30-,31+,35+,36-,37-,38+,39+,40-/m0/s1. The Balaban J connectivity index is 1.28. The van der Waals surface area contributed by atoms with Gasteiger partial charge in [0.1, 0.15) is 18.1 Å². The molecule has 2 N–H and O–H groups in total. The van der Waals surface area contributed by atoms with Crippen LogP contribution in [0.3, 0.4) is 0 Å². The monoisotopic (exact) mass is 718 g/mol. The molecule has 0 saturated heterocycles. The average molecular weight is 719 g/mol. The summed E-state index contributed by atoms with van der Waals surface area (Å²) in [4.78, 5) is 53.1. The van der Waals surface area contributed by atoms with Crippen molar-refractivity contribution >= 4 is 23.9 Å². The van der Waals surface area contributed by atoms with Crippen molar-refractivity contribution in [1.29, 1.82) is 0 Å². The molecule has 10 atom stereocenters. The van der Waals surface area contributed by atoms with Crippen molar-refractivity contribution in [3.8, 4) is 0 Å². The van der Waals surface area contributed by atoms with E-state index >= 15 is 0 Å². The lowest BCUT2D eigenvalue weighted by atomic mass is 9.33. The van der Waals surface area contributed by atoms with Gasteiger partial charge < -0.3 is 33.9 Å². The molecule has 51 heavy (non-hydrogen) atoms. The summed E-state index contributed by atoms with van der Waals surface area (Å²) >= 11 is 0. The second-order valence-corrected chi connectivity index (χ2v) is 17.7. The van der Waals surface area contributed by atoms with Gasteiger partial charge in [-0.3, -0.25) is 14.4 Å². The molecule has 0 aromatic rings. The molecule has 4 fully saturated rings. The normalized spacial score (nSPS) is 41.6. The van der Waals surface area contributed by atoms with Gasteiger partial charge in [0.2, 0.25) is 0 Å². The number of ether oxygens (including phenoxy) is 5. The van der Waals surface area contributed by atoms with Gasteiger partial charge in [-0.2, -0.15) is 0 Å². The predicted molar refractivity (Wildman–Crippen MR) is 188 cm³/mol. The van der Waals surface area contributed by atoms with Crippen LogP contribution < -0.4 is 0 Å². The molecule has 0 unspecified atom stereocenters. The van der Waals surface area contributed by atoms with Gasteiger partial charge in [-0.15, -0.1) is 0 Å². The van der Waals surface area contributed by atoms with Gasteiger partial charge in [-0.05, 0) is 118 Å². The summed E-state index contributed by atoms with van der Waals surface area (Å²) in [5.41, 5.74) is -2.60. The largest absolute Gasteiger partial charge is 0.508 e. The molecule has 0 radical (unpaired) electrons. The Morgan fingerprint density at radius 2 is 1.37 bits per heavy atom. The Kier molecular flexibility index (Phi) is 11.5. The third kappa shape index (κ3) is 6.77. The Hall–Kier alpha value is -2.50. The number of hydrogen-bond donors (Lipinski definition) is 2. The number of ketones is 1. The van der Waals surface area contributed by atoms with Gasteiger partial charge in [0.15, 0.2) is 5.78 Å². The van der Waals surface area contributed by atoms with Crippen molar-refractivity contribution in [3.05, 3.63) is 11.6 Å². The molecule has 288 valence electrons. The van der Waals surface area contributed by atoms with Gasteiger partial charge in [0.25, 0.3) is 0 Å². The van der Waals surface area contributed by atoms with Crippen LogP contribution in [-0.2, 0) is 38.1 Å². The lowest BCUT2D eigenvalue weighted by molar-refractivity contribution is -0.216. The third-order valence-corrected chi connectivity index (χ3v) is 14.9. The highest BCUT2D eigenvalue weighted by Gasteiger charge is 2.72. The Morgan fingerprint density at radius 3 is 1.98 bits per heavy atom. The van der Waals surface area contributed by atoms with Crippen LogP contribution in [0.4, 0.5) is 4.79 Å². The lowest BCUT2D eigenvalue weighted by Crippen LogP contribution is -2.68. The molecule has 5 aliphatic rings. The molecule has 5 rings (SSSR count). The van der Waals surface area contributed by atoms with Crippen molar-refractivity contribution in [2.45, 2.75) is 119 Å². The van der Waals surface area contributed by atoms with Crippen LogP contribution in [0.1, 0.15) is 113 Å². The number of carboxylic acids is 2. The molecular weight excluding hydrogens is 656 g/mol. The van der Waals surface area contributed by atoms with Gasteiger partial charge in [0, 0.05) is 12.5 Å². The zero-order valence-corrected chi connectivity index (χ0v) is 32.0. The second-order valence-electron chi connectivity index (χ2n) is 17.7. The van der Waals surface area contributed by atoms with Crippen molar-refractivity contribution in [2.75, 3.05) is 46.2 Å². The first kappa shape index (κ1) is 39.7. The first-order chi connectivity index (χ1) is 23.9. The quantitative estimate of drug-likeness (QED) is 0.140. The molecule has 0 aromatic carbocycles. The molecule has 11 heteroatoms. The molecule has 0 spiro atoms. The van der Waals surface area contributed by atoms with E-state index in [1.54, 1.807) is 6.92 Å². The van der Waals surface area contributed by atoms with Crippen molar-refractivity contribution in [1.82, 2.24) is 0 Å². The molecule has 0 aliphatic heterocycles. The zero-order chi connectivity index (χ0) is 37.5. The van der Waals surface area contributed by atoms with E-state index in [1.165, 1.54) is 0 Å². The second kappa shape index (κ2) is 14.7. The summed E-state index contributed by atoms with van der Waals surface area (Å²) in [7, 11) is 0. The topological polar surface area (TPSA) is 155 Å². The fourth-order valence-electron chi connectivity index (χ4n) is 11.5. The summed E-state index contributed by atoms with van der Waals surface area (Å²) in [5, 5.41) is 21.0. The van der Waals surface area contributed by atoms with Gasteiger partial charge in [0.05, 0.1) is 38.4 Å². The first-order valence-electron chi connectivity index (χ1n) is 19.2. The van der Waals surface area contributed by atoms with Crippen LogP contribution in [0.15, 0.2) is 11.6 Å². The van der Waals surface area contributed by atoms with Crippen molar-refractivity contribution < 1.29 is 53.1 Å². The molecule has 4 saturated carbocycles. The van der Waals surface area contributed by atoms with E-state index in [2.05, 4.69) is 27.7 Å². The van der Waals surface area contributed by atoms with E-state index in [4.69, 9.17) is 23.7 Å². The number of carbonyl (C=O) groups excluding carboxylic acids is 2. The summed E-state index contributed by atoms with van der Waals surface area (Å²) in [6, 6.07) is 0. The number of rotatable bonds is 14. The number of carboxylic acid groups (broad SMARTS) is 2. The van der Waals surface area contributed by atoms with E-state index in [1.807, 2.05) is 19.9 Å². The van der Waals surface area contributed by atoms with Crippen LogP contribution in [0.25, 0.3) is 0 Å². The van der Waals surface area contributed by atoms with E-state index in [0.29, 0.717) is 71.6 Å². The fraction of sp³-hybridized carbons (Fsp3) is 0.850. The van der Waals surface area contributed by atoms with Crippen LogP contribution >= 0.6 is 0 Å². The molecule has 0 bridgehead atoms. The number of fused-ring (bicyclic) bond motifs is 7. The highest BCUT2D eigenvalue weighted by atomic mass is 16.7. The average Bonchev–Trinajstić information content (AvgIpc) is 3.06. The minimum Gasteiger partial charge on any atom is -0.481 e. The van der Waals surface area contributed by atoms with E-state index in [0.717, 1.165) is 31.3 Å².